The molecule has 0 saturated heterocycles. The molecule has 7 nitrogen and oxygen atoms in total. The van der Waals surface area contributed by atoms with Crippen LogP contribution in [0.25, 0.3) is 10.8 Å². The van der Waals surface area contributed by atoms with Crippen LogP contribution in [-0.2, 0) is 27.3 Å². The Labute approximate surface area is 186 Å². The summed E-state index contributed by atoms with van der Waals surface area (Å²) in [6, 6.07) is 14.7. The number of nitrogens with zero attached hydrogens (tertiary/aromatic N) is 2. The fraction of sp³-hybridized carbons (Fsp3) is 0.320. The number of anilines is 1. The van der Waals surface area contributed by atoms with Gasteiger partial charge in [-0.25, -0.2) is 4.79 Å². The molecule has 0 bridgehead atoms. The highest BCUT2D eigenvalue weighted by molar-refractivity contribution is 5.95. The van der Waals surface area contributed by atoms with Crippen molar-refractivity contribution in [2.45, 2.75) is 39.3 Å². The Bertz CT molecular complexity index is 1220. The number of hydrogen-bond donors (Lipinski definition) is 0. The molecular formula is C25H26N2O5. The van der Waals surface area contributed by atoms with Gasteiger partial charge in [-0.2, -0.15) is 0 Å². The number of aryl methyl sites for hydroxylation is 1. The molecule has 0 N–H and O–H groups in total. The number of aromatic nitrogens is 1. The van der Waals surface area contributed by atoms with Gasteiger partial charge in [0.05, 0.1) is 12.0 Å². The number of fused-ring (bicyclic) bond motifs is 2. The van der Waals surface area contributed by atoms with Gasteiger partial charge in [-0.05, 0) is 56.5 Å². The molecule has 2 heterocycles. The van der Waals surface area contributed by atoms with Crippen molar-refractivity contribution in [3.63, 3.8) is 0 Å². The molecule has 3 aromatic rings. The van der Waals surface area contributed by atoms with Crippen LogP contribution in [0, 0.1) is 0 Å². The van der Waals surface area contributed by atoms with E-state index in [1.807, 2.05) is 24.3 Å². The maximum absolute atomic E-state index is 13.1. The van der Waals surface area contributed by atoms with Gasteiger partial charge in [0.15, 0.2) is 6.10 Å². The van der Waals surface area contributed by atoms with E-state index >= 15 is 0 Å². The minimum Gasteiger partial charge on any atom is -0.478 e. The van der Waals surface area contributed by atoms with Gasteiger partial charge in [-0.1, -0.05) is 24.3 Å². The van der Waals surface area contributed by atoms with Crippen LogP contribution in [0.3, 0.4) is 0 Å². The van der Waals surface area contributed by atoms with Crippen LogP contribution in [0.2, 0.25) is 0 Å². The molecule has 32 heavy (non-hydrogen) atoms. The van der Waals surface area contributed by atoms with E-state index in [1.54, 1.807) is 49.2 Å². The lowest BCUT2D eigenvalue weighted by molar-refractivity contribution is -0.150. The number of esters is 1. The summed E-state index contributed by atoms with van der Waals surface area (Å²) in [6.07, 6.45) is 2.64. The van der Waals surface area contributed by atoms with E-state index in [0.717, 1.165) is 24.1 Å². The maximum Gasteiger partial charge on any atom is 0.347 e. The number of amides is 1. The molecule has 1 aromatic heterocycles. The fourth-order valence-electron chi connectivity index (χ4n) is 4.04. The lowest BCUT2D eigenvalue weighted by Crippen LogP contribution is -2.39. The van der Waals surface area contributed by atoms with Crippen LogP contribution in [0.5, 0.6) is 5.75 Å². The smallest absolute Gasteiger partial charge is 0.347 e. The Hall–Kier alpha value is -3.61. The summed E-state index contributed by atoms with van der Waals surface area (Å²) < 4.78 is 12.2. The lowest BCUT2D eigenvalue weighted by atomic mass is 10.0. The number of pyridine rings is 1. The maximum atomic E-state index is 13.1. The highest BCUT2D eigenvalue weighted by Gasteiger charge is 2.23. The van der Waals surface area contributed by atoms with Crippen LogP contribution >= 0.6 is 0 Å². The molecule has 2 aromatic carbocycles. The molecule has 166 valence electrons. The first-order chi connectivity index (χ1) is 15.5. The largest absolute Gasteiger partial charge is 0.478 e. The van der Waals surface area contributed by atoms with Crippen molar-refractivity contribution in [3.8, 4) is 5.75 Å². The number of rotatable bonds is 6. The molecule has 0 fully saturated rings. The van der Waals surface area contributed by atoms with E-state index in [0.29, 0.717) is 23.1 Å². The summed E-state index contributed by atoms with van der Waals surface area (Å²) in [7, 11) is 0. The molecule has 0 saturated carbocycles. The van der Waals surface area contributed by atoms with Gasteiger partial charge >= 0.3 is 5.97 Å². The molecule has 1 aliphatic rings. The molecule has 4 rings (SSSR count). The second kappa shape index (κ2) is 9.26. The second-order valence-corrected chi connectivity index (χ2v) is 7.76. The number of ether oxygens (including phenoxy) is 2. The first kappa shape index (κ1) is 21.6. The van der Waals surface area contributed by atoms with Gasteiger partial charge in [0.2, 0.25) is 5.91 Å². The van der Waals surface area contributed by atoms with E-state index < -0.39 is 12.1 Å². The van der Waals surface area contributed by atoms with Gasteiger partial charge in [0.25, 0.3) is 5.56 Å². The number of benzene rings is 2. The molecule has 0 unspecified atom stereocenters. The molecule has 0 radical (unpaired) electrons. The number of carbonyl (C=O) groups excluding carboxylic acids is 2. The van der Waals surface area contributed by atoms with E-state index in [9.17, 15) is 14.4 Å². The molecule has 1 aliphatic heterocycles. The van der Waals surface area contributed by atoms with Gasteiger partial charge in [0.1, 0.15) is 12.3 Å². The fourth-order valence-corrected chi connectivity index (χ4v) is 4.04. The normalized spacial score (nSPS) is 14.0. The molecule has 1 atom stereocenters. The van der Waals surface area contributed by atoms with Gasteiger partial charge in [-0.15, -0.1) is 0 Å². The topological polar surface area (TPSA) is 77.8 Å². The van der Waals surface area contributed by atoms with E-state index in [4.69, 9.17) is 9.47 Å². The summed E-state index contributed by atoms with van der Waals surface area (Å²) in [5.74, 6) is -0.171. The van der Waals surface area contributed by atoms with Crippen molar-refractivity contribution < 1.29 is 19.1 Å². The predicted molar refractivity (Wildman–Crippen MR) is 122 cm³/mol. The summed E-state index contributed by atoms with van der Waals surface area (Å²) in [5.41, 5.74) is 1.78. The Morgan fingerprint density at radius 3 is 2.69 bits per heavy atom. The first-order valence-corrected chi connectivity index (χ1v) is 10.8. The minimum absolute atomic E-state index is 0.0482. The minimum atomic E-state index is -0.802. The van der Waals surface area contributed by atoms with Gasteiger partial charge < -0.3 is 18.9 Å². The van der Waals surface area contributed by atoms with Crippen LogP contribution in [0.4, 0.5) is 5.69 Å². The third-order valence-electron chi connectivity index (χ3n) is 5.62. The van der Waals surface area contributed by atoms with Crippen molar-refractivity contribution in [1.29, 1.82) is 0 Å². The molecule has 1 amide bonds. The average Bonchev–Trinajstić information content (AvgIpc) is 2.81. The van der Waals surface area contributed by atoms with Crippen LogP contribution in [0.15, 0.2) is 59.5 Å². The SMILES string of the molecule is CCOC(=O)[C@@H](C)Oc1cccc2c(=O)n(CC(=O)N3CCCc4ccccc43)ccc12. The zero-order valence-corrected chi connectivity index (χ0v) is 18.2. The number of para-hydroxylation sites is 1. The first-order valence-electron chi connectivity index (χ1n) is 10.8. The standard InChI is InChI=1S/C25H26N2O5/c1-3-31-25(30)17(2)32-22-12-6-10-20-19(22)13-15-26(24(20)29)16-23(28)27-14-7-9-18-8-4-5-11-21(18)27/h4-6,8,10-13,15,17H,3,7,9,14,16H2,1-2H3/t17-/m1/s1. The predicted octanol–water partition coefficient (Wildman–Crippen LogP) is 3.31. The van der Waals surface area contributed by atoms with E-state index in [-0.39, 0.29) is 24.6 Å². The van der Waals surface area contributed by atoms with Crippen molar-refractivity contribution in [1.82, 2.24) is 4.57 Å². The monoisotopic (exact) mass is 434 g/mol. The van der Waals surface area contributed by atoms with Crippen molar-refractivity contribution >= 4 is 28.3 Å². The van der Waals surface area contributed by atoms with Crippen molar-refractivity contribution in [2.24, 2.45) is 0 Å². The Kier molecular flexibility index (Phi) is 6.25. The third kappa shape index (κ3) is 4.23. The van der Waals surface area contributed by atoms with Crippen LogP contribution < -0.4 is 15.2 Å². The zero-order chi connectivity index (χ0) is 22.7. The molecule has 7 heteroatoms. The highest BCUT2D eigenvalue weighted by Crippen LogP contribution is 2.27. The lowest BCUT2D eigenvalue weighted by Gasteiger charge is -2.29. The average molecular weight is 434 g/mol. The Morgan fingerprint density at radius 1 is 1.06 bits per heavy atom. The number of hydrogen-bond acceptors (Lipinski definition) is 5. The van der Waals surface area contributed by atoms with Crippen LogP contribution in [-0.4, -0.2) is 35.7 Å². The molecule has 0 spiro atoms. The zero-order valence-electron chi connectivity index (χ0n) is 18.2. The Balaban J connectivity index is 1.59. The summed E-state index contributed by atoms with van der Waals surface area (Å²) >= 11 is 0. The van der Waals surface area contributed by atoms with E-state index in [2.05, 4.69) is 0 Å². The van der Waals surface area contributed by atoms with E-state index in [1.165, 1.54) is 4.57 Å². The quantitative estimate of drug-likeness (QED) is 0.557. The van der Waals surface area contributed by atoms with Gasteiger partial charge in [-0.3, -0.25) is 9.59 Å². The van der Waals surface area contributed by atoms with Crippen molar-refractivity contribution in [3.05, 3.63) is 70.6 Å². The molecule has 0 aliphatic carbocycles. The third-order valence-corrected chi connectivity index (χ3v) is 5.62. The van der Waals surface area contributed by atoms with Crippen LogP contribution in [0.1, 0.15) is 25.8 Å². The molecular weight excluding hydrogens is 408 g/mol. The van der Waals surface area contributed by atoms with Gasteiger partial charge in [0, 0.05) is 23.8 Å². The summed E-state index contributed by atoms with van der Waals surface area (Å²) in [5, 5.41) is 1.01. The second-order valence-electron chi connectivity index (χ2n) is 7.76. The summed E-state index contributed by atoms with van der Waals surface area (Å²) in [4.78, 5) is 39.8. The highest BCUT2D eigenvalue weighted by atomic mass is 16.6. The summed E-state index contributed by atoms with van der Waals surface area (Å²) in [6.45, 7) is 4.19. The van der Waals surface area contributed by atoms with Crippen molar-refractivity contribution in [2.75, 3.05) is 18.1 Å². The number of carbonyl (C=O) groups is 2. The Morgan fingerprint density at radius 2 is 1.88 bits per heavy atom.